The molecule has 2 aromatic heterocycles. The van der Waals surface area contributed by atoms with Crippen molar-refractivity contribution < 1.29 is 4.79 Å². The first-order valence-electron chi connectivity index (χ1n) is 11.2. The second kappa shape index (κ2) is 8.10. The molecule has 33 heavy (non-hydrogen) atoms. The number of rotatable bonds is 4. The number of aromatic amines is 1. The number of nitriles is 1. The molecule has 8 heteroatoms. The van der Waals surface area contributed by atoms with Gasteiger partial charge >= 0.3 is 0 Å². The van der Waals surface area contributed by atoms with Crippen molar-refractivity contribution in [2.45, 2.75) is 25.8 Å². The highest BCUT2D eigenvalue weighted by Crippen LogP contribution is 2.41. The summed E-state index contributed by atoms with van der Waals surface area (Å²) < 4.78 is 1.44. The lowest BCUT2D eigenvalue weighted by molar-refractivity contribution is 0.0876. The average molecular weight is 443 g/mol. The summed E-state index contributed by atoms with van der Waals surface area (Å²) in [4.78, 5) is 32.7. The molecule has 2 aliphatic heterocycles. The number of carbonyl (C=O) groups is 1. The van der Waals surface area contributed by atoms with Crippen LogP contribution in [-0.4, -0.2) is 58.2 Å². The third-order valence-corrected chi connectivity index (χ3v) is 7.03. The van der Waals surface area contributed by atoms with Gasteiger partial charge in [-0.15, -0.1) is 0 Å². The largest absolute Gasteiger partial charge is 0.307 e. The highest BCUT2D eigenvalue weighted by atomic mass is 16.1. The molecule has 1 spiro atoms. The van der Waals surface area contributed by atoms with Crippen LogP contribution in [0.2, 0.25) is 0 Å². The molecule has 2 saturated heterocycles. The van der Waals surface area contributed by atoms with Gasteiger partial charge in [0.15, 0.2) is 5.78 Å². The topological polar surface area (TPSA) is 107 Å². The van der Waals surface area contributed by atoms with Gasteiger partial charge in [-0.05, 0) is 75.8 Å². The van der Waals surface area contributed by atoms with E-state index < -0.39 is 0 Å². The number of aryl methyl sites for hydroxylation is 1. The summed E-state index contributed by atoms with van der Waals surface area (Å²) in [6.45, 7) is 4.67. The van der Waals surface area contributed by atoms with Crippen LogP contribution in [0.5, 0.6) is 0 Å². The van der Waals surface area contributed by atoms with Gasteiger partial charge in [0.05, 0.1) is 34.7 Å². The molecule has 2 atom stereocenters. The summed E-state index contributed by atoms with van der Waals surface area (Å²) in [5.41, 5.74) is 3.55. The number of carbonyl (C=O) groups excluding carboxylic acids is 1. The van der Waals surface area contributed by atoms with Crippen molar-refractivity contribution in [3.63, 3.8) is 0 Å². The third-order valence-electron chi connectivity index (χ3n) is 7.03. The Morgan fingerprint density at radius 1 is 1.24 bits per heavy atom. The second-order valence-corrected chi connectivity index (χ2v) is 9.24. The molecule has 0 amide bonds. The van der Waals surface area contributed by atoms with Crippen molar-refractivity contribution in [3.05, 3.63) is 69.6 Å². The fourth-order valence-electron chi connectivity index (χ4n) is 5.29. The lowest BCUT2D eigenvalue weighted by atomic mass is 9.77. The van der Waals surface area contributed by atoms with Crippen molar-refractivity contribution in [1.29, 1.82) is 5.26 Å². The van der Waals surface area contributed by atoms with E-state index in [9.17, 15) is 9.59 Å². The fraction of sp³-hybridized carbons (Fsp3) is 0.360. The Hall–Kier alpha value is -3.54. The number of hydrogen-bond acceptors (Lipinski definition) is 6. The molecule has 168 valence electrons. The van der Waals surface area contributed by atoms with Gasteiger partial charge < -0.3 is 10.2 Å². The predicted octanol–water partition coefficient (Wildman–Crippen LogP) is 2.27. The first-order chi connectivity index (χ1) is 15.9. The van der Waals surface area contributed by atoms with Gasteiger partial charge in [-0.25, -0.2) is 4.68 Å². The molecule has 2 aliphatic rings. The monoisotopic (exact) mass is 442 g/mol. The van der Waals surface area contributed by atoms with Crippen LogP contribution in [0.1, 0.15) is 34.3 Å². The van der Waals surface area contributed by atoms with Crippen LogP contribution in [0, 0.1) is 23.7 Å². The zero-order valence-electron chi connectivity index (χ0n) is 18.8. The van der Waals surface area contributed by atoms with Crippen molar-refractivity contribution in [1.82, 2.24) is 25.0 Å². The van der Waals surface area contributed by atoms with E-state index in [4.69, 9.17) is 5.26 Å². The van der Waals surface area contributed by atoms with Crippen LogP contribution in [0.4, 0.5) is 0 Å². The molecule has 8 nitrogen and oxygen atoms in total. The van der Waals surface area contributed by atoms with Gasteiger partial charge in [-0.1, -0.05) is 0 Å². The van der Waals surface area contributed by atoms with E-state index in [-0.39, 0.29) is 22.8 Å². The van der Waals surface area contributed by atoms with Crippen LogP contribution >= 0.6 is 0 Å². The van der Waals surface area contributed by atoms with Gasteiger partial charge in [0, 0.05) is 29.8 Å². The first kappa shape index (κ1) is 21.3. The lowest BCUT2D eigenvalue weighted by Gasteiger charge is -2.29. The standard InChI is InChI=1S/C25H26N6O2/c1-16-11-17(13-26)3-6-21(16)31-22(32)12-20(29-31)19-5-4-18(14-28-19)23(33)24-25(7-9-27-24)8-10-30(2)15-25/h3-6,11-12,14,24,27,29H,7-10,15H2,1-2H3. The normalized spacial score (nSPS) is 22.6. The van der Waals surface area contributed by atoms with Crippen LogP contribution in [-0.2, 0) is 0 Å². The van der Waals surface area contributed by atoms with E-state index in [1.165, 1.54) is 10.7 Å². The third kappa shape index (κ3) is 3.69. The zero-order valence-corrected chi connectivity index (χ0v) is 18.8. The Morgan fingerprint density at radius 3 is 2.76 bits per heavy atom. The van der Waals surface area contributed by atoms with E-state index in [0.29, 0.717) is 28.2 Å². The number of nitrogens with zero attached hydrogens (tertiary/aromatic N) is 4. The van der Waals surface area contributed by atoms with Crippen molar-refractivity contribution >= 4 is 5.78 Å². The minimum absolute atomic E-state index is 0.00587. The Bertz CT molecular complexity index is 1320. The van der Waals surface area contributed by atoms with Crippen LogP contribution < -0.4 is 10.9 Å². The summed E-state index contributed by atoms with van der Waals surface area (Å²) in [6, 6.07) is 12.1. The molecule has 2 N–H and O–H groups in total. The maximum Gasteiger partial charge on any atom is 0.271 e. The molecule has 0 saturated carbocycles. The summed E-state index contributed by atoms with van der Waals surface area (Å²) in [7, 11) is 2.11. The van der Waals surface area contributed by atoms with E-state index in [2.05, 4.69) is 33.4 Å². The molecule has 2 unspecified atom stereocenters. The molecule has 0 aliphatic carbocycles. The molecular weight excluding hydrogens is 416 g/mol. The smallest absolute Gasteiger partial charge is 0.271 e. The minimum atomic E-state index is -0.220. The second-order valence-electron chi connectivity index (χ2n) is 9.24. The highest BCUT2D eigenvalue weighted by molar-refractivity contribution is 6.01. The fourth-order valence-corrected chi connectivity index (χ4v) is 5.29. The zero-order chi connectivity index (χ0) is 23.2. The molecule has 5 rings (SSSR count). The first-order valence-corrected chi connectivity index (χ1v) is 11.2. The summed E-state index contributed by atoms with van der Waals surface area (Å²) >= 11 is 0. The Labute approximate surface area is 191 Å². The highest BCUT2D eigenvalue weighted by Gasteiger charge is 2.49. The molecular formula is C25H26N6O2. The Kier molecular flexibility index (Phi) is 5.23. The van der Waals surface area contributed by atoms with E-state index in [1.54, 1.807) is 36.5 Å². The SMILES string of the molecule is Cc1cc(C#N)ccc1-n1[nH]c(-c2ccc(C(=O)C3NCCC34CCN(C)C4)cn2)cc1=O. The van der Waals surface area contributed by atoms with Gasteiger partial charge in [-0.3, -0.25) is 19.7 Å². The number of aromatic nitrogens is 3. The summed E-state index contributed by atoms with van der Waals surface area (Å²) in [5, 5.41) is 15.6. The average Bonchev–Trinajstić information content (AvgIpc) is 3.52. The van der Waals surface area contributed by atoms with E-state index >= 15 is 0 Å². The predicted molar refractivity (Wildman–Crippen MR) is 124 cm³/mol. The quantitative estimate of drug-likeness (QED) is 0.601. The number of benzene rings is 1. The van der Waals surface area contributed by atoms with Crippen LogP contribution in [0.25, 0.3) is 17.1 Å². The summed E-state index contributed by atoms with van der Waals surface area (Å²) in [5.74, 6) is 0.0844. The van der Waals surface area contributed by atoms with Crippen LogP contribution in [0.15, 0.2) is 47.4 Å². The molecule has 0 radical (unpaired) electrons. The molecule has 3 aromatic rings. The number of hydrogen-bond donors (Lipinski definition) is 2. The molecule has 2 fully saturated rings. The van der Waals surface area contributed by atoms with Crippen molar-refractivity contribution in [2.24, 2.45) is 5.41 Å². The van der Waals surface area contributed by atoms with Gasteiger partial charge in [0.25, 0.3) is 5.56 Å². The number of ketones is 1. The van der Waals surface area contributed by atoms with Crippen LogP contribution in [0.3, 0.4) is 0 Å². The summed E-state index contributed by atoms with van der Waals surface area (Å²) in [6.07, 6.45) is 3.65. The Balaban J connectivity index is 1.40. The van der Waals surface area contributed by atoms with Gasteiger partial charge in [-0.2, -0.15) is 5.26 Å². The maximum atomic E-state index is 13.3. The molecule has 0 bridgehead atoms. The lowest BCUT2D eigenvalue weighted by Crippen LogP contribution is -2.44. The van der Waals surface area contributed by atoms with E-state index in [0.717, 1.165) is 38.0 Å². The van der Waals surface area contributed by atoms with Crippen molar-refractivity contribution in [3.8, 4) is 23.1 Å². The maximum absolute atomic E-state index is 13.3. The van der Waals surface area contributed by atoms with Crippen molar-refractivity contribution in [2.75, 3.05) is 26.7 Å². The number of nitrogens with one attached hydrogen (secondary N) is 2. The molecule has 1 aromatic carbocycles. The van der Waals surface area contributed by atoms with Gasteiger partial charge in [0.1, 0.15) is 0 Å². The Morgan fingerprint density at radius 2 is 2.09 bits per heavy atom. The number of likely N-dealkylation sites (tertiary alicyclic amines) is 1. The molecule has 4 heterocycles. The number of H-pyrrole nitrogens is 1. The van der Waals surface area contributed by atoms with Gasteiger partial charge in [0.2, 0.25) is 0 Å². The number of pyridine rings is 1. The van der Waals surface area contributed by atoms with E-state index in [1.807, 2.05) is 6.92 Å². The number of Topliss-reactive ketones (excluding diaryl/α,β-unsaturated/α-hetero) is 1. The minimum Gasteiger partial charge on any atom is -0.307 e.